The van der Waals surface area contributed by atoms with Crippen LogP contribution in [0.3, 0.4) is 0 Å². The van der Waals surface area contributed by atoms with Crippen LogP contribution in [0.5, 0.6) is 0 Å². The zero-order chi connectivity index (χ0) is 9.40. The van der Waals surface area contributed by atoms with Crippen LogP contribution in [0.15, 0.2) is 23.3 Å². The van der Waals surface area contributed by atoms with Gasteiger partial charge in [0.05, 0.1) is 18.5 Å². The lowest BCUT2D eigenvalue weighted by molar-refractivity contribution is 0.402. The third-order valence-corrected chi connectivity index (χ3v) is 1.71. The lowest BCUT2D eigenvalue weighted by Gasteiger charge is -1.97. The minimum Gasteiger partial charge on any atom is -0.275 e. The third-order valence-electron chi connectivity index (χ3n) is 1.59. The van der Waals surface area contributed by atoms with Crippen LogP contribution < -0.4 is 0 Å². The monoisotopic (exact) mass is 188 g/mol. The molecule has 0 aromatic carbocycles. The van der Waals surface area contributed by atoms with Gasteiger partial charge in [-0.05, 0) is 33.6 Å². The number of hydrogen-bond acceptors (Lipinski definition) is 1. The molecule has 0 saturated carbocycles. The van der Waals surface area contributed by atoms with Gasteiger partial charge in [-0.15, -0.1) is 0 Å². The zero-order valence-electron chi connectivity index (χ0n) is 8.06. The van der Waals surface area contributed by atoms with Gasteiger partial charge in [-0.1, -0.05) is 23.3 Å². The Balaban J connectivity index is 3.56. The van der Waals surface area contributed by atoms with E-state index in [4.69, 9.17) is 11.9 Å². The summed E-state index contributed by atoms with van der Waals surface area (Å²) in [5.74, 6) is 0. The van der Waals surface area contributed by atoms with Crippen molar-refractivity contribution in [3.05, 3.63) is 23.3 Å². The quantitative estimate of drug-likeness (QED) is 0.596. The Bertz CT molecular complexity index is 167. The van der Waals surface area contributed by atoms with Crippen LogP contribution in [0.1, 0.15) is 33.6 Å². The summed E-state index contributed by atoms with van der Waals surface area (Å²) in [6, 6.07) is 0. The highest BCUT2D eigenvalue weighted by atomic mass is 35.5. The van der Waals surface area contributed by atoms with E-state index in [1.54, 1.807) is 0 Å². The normalized spacial score (nSPS) is 11.5. The van der Waals surface area contributed by atoms with E-state index in [0.717, 1.165) is 12.8 Å². The first-order chi connectivity index (χ1) is 5.66. The molecule has 0 aromatic heterocycles. The van der Waals surface area contributed by atoms with E-state index in [1.165, 1.54) is 11.1 Å². The number of halogens is 1. The van der Waals surface area contributed by atoms with Crippen LogP contribution >= 0.6 is 11.9 Å². The Morgan fingerprint density at radius 2 is 1.92 bits per heavy atom. The van der Waals surface area contributed by atoms with E-state index in [1.807, 2.05) is 6.08 Å². The van der Waals surface area contributed by atoms with Crippen LogP contribution in [0, 0.1) is 0 Å². The Labute approximate surface area is 80.2 Å². The van der Waals surface area contributed by atoms with Gasteiger partial charge in [0.2, 0.25) is 0 Å². The average molecular weight is 189 g/mol. The maximum atomic E-state index is 5.07. The van der Waals surface area contributed by atoms with Gasteiger partial charge >= 0.3 is 0 Å². The highest BCUT2D eigenvalue weighted by molar-refractivity contribution is 6.07. The summed E-state index contributed by atoms with van der Waals surface area (Å²) in [7, 11) is 0. The molecule has 0 unspecified atom stereocenters. The molecule has 0 aliphatic heterocycles. The van der Waals surface area contributed by atoms with E-state index in [9.17, 15) is 0 Å². The predicted octanol–water partition coefficient (Wildman–Crippen LogP) is 3.85. The summed E-state index contributed by atoms with van der Waals surface area (Å²) in [6.45, 7) is 6.82. The molecule has 70 valence electrons. The molecule has 0 heterocycles. The number of rotatable bonds is 5. The van der Waals surface area contributed by atoms with E-state index in [-0.39, 0.29) is 0 Å². The van der Waals surface area contributed by atoms with Crippen LogP contribution in [-0.4, -0.2) is 6.61 Å². The molecule has 12 heavy (non-hydrogen) atoms. The molecule has 0 aromatic rings. The van der Waals surface area contributed by atoms with Crippen molar-refractivity contribution in [2.75, 3.05) is 6.61 Å². The molecule has 0 amide bonds. The fourth-order valence-corrected chi connectivity index (χ4v) is 0.927. The topological polar surface area (TPSA) is 9.23 Å². The first-order valence-corrected chi connectivity index (χ1v) is 4.50. The van der Waals surface area contributed by atoms with Crippen molar-refractivity contribution in [1.29, 1.82) is 0 Å². The largest absolute Gasteiger partial charge is 0.275 e. The SMILES string of the molecule is CC(C)=CCC/C(C)=C/COCl. The molecule has 0 spiro atoms. The minimum absolute atomic E-state index is 0.502. The second-order valence-corrected chi connectivity index (χ2v) is 3.36. The smallest absolute Gasteiger partial charge is 0.0866 e. The van der Waals surface area contributed by atoms with Gasteiger partial charge in [-0.3, -0.25) is 4.29 Å². The molecule has 0 radical (unpaired) electrons. The van der Waals surface area contributed by atoms with Crippen molar-refractivity contribution in [2.24, 2.45) is 0 Å². The fraction of sp³-hybridized carbons (Fsp3) is 0.600. The van der Waals surface area contributed by atoms with Gasteiger partial charge in [0, 0.05) is 0 Å². The molecule has 0 atom stereocenters. The van der Waals surface area contributed by atoms with Gasteiger partial charge in [0.15, 0.2) is 0 Å². The van der Waals surface area contributed by atoms with Gasteiger partial charge in [-0.25, -0.2) is 0 Å². The molecule has 1 nitrogen and oxygen atoms in total. The van der Waals surface area contributed by atoms with Crippen LogP contribution in [0.25, 0.3) is 0 Å². The molecule has 2 heteroatoms. The molecular formula is C10H17ClO. The van der Waals surface area contributed by atoms with Crippen LogP contribution in [0.4, 0.5) is 0 Å². The zero-order valence-corrected chi connectivity index (χ0v) is 8.82. The Hall–Kier alpha value is -0.270. The summed E-state index contributed by atoms with van der Waals surface area (Å²) in [5, 5.41) is 0. The van der Waals surface area contributed by atoms with Gasteiger partial charge < -0.3 is 0 Å². The highest BCUT2D eigenvalue weighted by Crippen LogP contribution is 2.06. The first kappa shape index (κ1) is 11.7. The van der Waals surface area contributed by atoms with Crippen molar-refractivity contribution in [1.82, 2.24) is 0 Å². The summed E-state index contributed by atoms with van der Waals surface area (Å²) in [5.41, 5.74) is 2.70. The van der Waals surface area contributed by atoms with E-state index in [2.05, 4.69) is 31.1 Å². The molecule has 0 aliphatic rings. The van der Waals surface area contributed by atoms with Crippen molar-refractivity contribution in [2.45, 2.75) is 33.6 Å². The van der Waals surface area contributed by atoms with Crippen molar-refractivity contribution < 1.29 is 4.29 Å². The Morgan fingerprint density at radius 3 is 2.42 bits per heavy atom. The lowest BCUT2D eigenvalue weighted by atomic mass is 10.1. The predicted molar refractivity (Wildman–Crippen MR) is 54.2 cm³/mol. The van der Waals surface area contributed by atoms with Gasteiger partial charge in [0.1, 0.15) is 0 Å². The van der Waals surface area contributed by atoms with Gasteiger partial charge in [-0.2, -0.15) is 0 Å². The third kappa shape index (κ3) is 7.83. The summed E-state index contributed by atoms with van der Waals surface area (Å²) < 4.78 is 4.42. The highest BCUT2D eigenvalue weighted by Gasteiger charge is 1.88. The van der Waals surface area contributed by atoms with E-state index >= 15 is 0 Å². The molecular weight excluding hydrogens is 172 g/mol. The van der Waals surface area contributed by atoms with Crippen molar-refractivity contribution in [3.63, 3.8) is 0 Å². The molecule has 0 N–H and O–H groups in total. The van der Waals surface area contributed by atoms with Crippen LogP contribution in [0.2, 0.25) is 0 Å². The van der Waals surface area contributed by atoms with Crippen molar-refractivity contribution >= 4 is 11.9 Å². The van der Waals surface area contributed by atoms with Gasteiger partial charge in [0.25, 0.3) is 0 Å². The molecule has 0 fully saturated rings. The summed E-state index contributed by atoms with van der Waals surface area (Å²) in [4.78, 5) is 0. The number of hydrogen-bond donors (Lipinski definition) is 0. The Morgan fingerprint density at radius 1 is 1.25 bits per heavy atom. The van der Waals surface area contributed by atoms with E-state index in [0.29, 0.717) is 6.61 Å². The summed E-state index contributed by atoms with van der Waals surface area (Å²) >= 11 is 5.07. The van der Waals surface area contributed by atoms with Crippen molar-refractivity contribution in [3.8, 4) is 0 Å². The van der Waals surface area contributed by atoms with Crippen LogP contribution in [-0.2, 0) is 4.29 Å². The van der Waals surface area contributed by atoms with E-state index < -0.39 is 0 Å². The fourth-order valence-electron chi connectivity index (χ4n) is 0.864. The maximum Gasteiger partial charge on any atom is 0.0866 e. The molecule has 0 saturated heterocycles. The second-order valence-electron chi connectivity index (χ2n) is 3.15. The average Bonchev–Trinajstić information content (AvgIpc) is 2.00. The molecule has 0 aliphatic carbocycles. The maximum absolute atomic E-state index is 5.07. The lowest BCUT2D eigenvalue weighted by Crippen LogP contribution is -1.82. The second kappa shape index (κ2) is 7.38. The first-order valence-electron chi connectivity index (χ1n) is 4.19. The minimum atomic E-state index is 0.502. The molecule has 0 bridgehead atoms. The number of allylic oxidation sites excluding steroid dienone is 3. The molecule has 0 rings (SSSR count). The summed E-state index contributed by atoms with van der Waals surface area (Å²) in [6.07, 6.45) is 6.43. The standard InChI is InChI=1S/C10H17ClO/c1-9(2)5-4-6-10(3)7-8-12-11/h5,7H,4,6,8H2,1-3H3/b10-7+. The Kier molecular flexibility index (Phi) is 7.22.